The van der Waals surface area contributed by atoms with Gasteiger partial charge in [0.1, 0.15) is 5.01 Å². The van der Waals surface area contributed by atoms with Crippen LogP contribution in [-0.2, 0) is 17.8 Å². The molecule has 2 aliphatic heterocycles. The molecule has 2 atom stereocenters. The summed E-state index contributed by atoms with van der Waals surface area (Å²) < 4.78 is 6.04. The third-order valence-corrected chi connectivity index (χ3v) is 5.70. The van der Waals surface area contributed by atoms with Gasteiger partial charge in [-0.1, -0.05) is 30.3 Å². The predicted molar refractivity (Wildman–Crippen MR) is 92.5 cm³/mol. The average Bonchev–Trinajstić information content (AvgIpc) is 3.15. The number of hydrogen-bond acceptors (Lipinski definition) is 5. The van der Waals surface area contributed by atoms with Crippen LogP contribution in [0.5, 0.6) is 0 Å². The molecule has 5 heteroatoms. The highest BCUT2D eigenvalue weighted by Crippen LogP contribution is 2.26. The molecular formula is C18H23N3OS. The minimum atomic E-state index is 0.341. The molecule has 1 aromatic carbocycles. The standard InChI is InChI=1S/C18H23N3OS/c1-14-13-23-18(19-14)12-20-10-16-17(11-20)22-8-7-21(16)9-15-5-3-2-4-6-15/h2-6,13,16-17H,7-12H2,1H3. The highest BCUT2D eigenvalue weighted by Gasteiger charge is 2.40. The number of benzene rings is 1. The highest BCUT2D eigenvalue weighted by molar-refractivity contribution is 7.09. The van der Waals surface area contributed by atoms with Crippen molar-refractivity contribution in [2.45, 2.75) is 32.2 Å². The number of thiazole rings is 1. The molecule has 23 heavy (non-hydrogen) atoms. The van der Waals surface area contributed by atoms with Crippen molar-refractivity contribution in [3.05, 3.63) is 52.0 Å². The zero-order chi connectivity index (χ0) is 15.6. The molecule has 4 rings (SSSR count). The largest absolute Gasteiger partial charge is 0.374 e. The number of aryl methyl sites for hydroxylation is 1. The summed E-state index contributed by atoms with van der Waals surface area (Å²) in [6.45, 7) is 8.02. The fraction of sp³-hybridized carbons (Fsp3) is 0.500. The molecule has 4 nitrogen and oxygen atoms in total. The molecule has 122 valence electrons. The maximum Gasteiger partial charge on any atom is 0.107 e. The number of nitrogens with zero attached hydrogens (tertiary/aromatic N) is 3. The van der Waals surface area contributed by atoms with Crippen molar-refractivity contribution in [2.24, 2.45) is 0 Å². The Bertz CT molecular complexity index is 645. The van der Waals surface area contributed by atoms with Crippen LogP contribution in [0.4, 0.5) is 0 Å². The summed E-state index contributed by atoms with van der Waals surface area (Å²) in [4.78, 5) is 9.69. The van der Waals surface area contributed by atoms with Gasteiger partial charge >= 0.3 is 0 Å². The quantitative estimate of drug-likeness (QED) is 0.862. The number of hydrogen-bond donors (Lipinski definition) is 0. The van der Waals surface area contributed by atoms with E-state index >= 15 is 0 Å². The number of ether oxygens (including phenoxy) is 1. The Labute approximate surface area is 141 Å². The van der Waals surface area contributed by atoms with Crippen LogP contribution in [0, 0.1) is 6.92 Å². The van der Waals surface area contributed by atoms with E-state index in [9.17, 15) is 0 Å². The lowest BCUT2D eigenvalue weighted by atomic mass is 10.1. The van der Waals surface area contributed by atoms with E-state index in [-0.39, 0.29) is 0 Å². The van der Waals surface area contributed by atoms with Gasteiger partial charge in [-0.15, -0.1) is 11.3 Å². The molecule has 0 amide bonds. The summed E-state index contributed by atoms with van der Waals surface area (Å²) in [6, 6.07) is 11.3. The van der Waals surface area contributed by atoms with Crippen LogP contribution in [-0.4, -0.2) is 53.2 Å². The van der Waals surface area contributed by atoms with Gasteiger partial charge in [-0.3, -0.25) is 9.80 Å². The van der Waals surface area contributed by atoms with Crippen LogP contribution >= 0.6 is 11.3 Å². The van der Waals surface area contributed by atoms with E-state index in [0.717, 1.165) is 45.0 Å². The lowest BCUT2D eigenvalue weighted by Crippen LogP contribution is -2.50. The van der Waals surface area contributed by atoms with E-state index in [4.69, 9.17) is 4.74 Å². The molecule has 2 unspecified atom stereocenters. The van der Waals surface area contributed by atoms with Gasteiger partial charge in [-0.25, -0.2) is 4.98 Å². The zero-order valence-electron chi connectivity index (χ0n) is 13.5. The van der Waals surface area contributed by atoms with Gasteiger partial charge in [0, 0.05) is 37.3 Å². The second-order valence-electron chi connectivity index (χ2n) is 6.51. The molecule has 0 aliphatic carbocycles. The molecule has 0 radical (unpaired) electrons. The average molecular weight is 329 g/mol. The summed E-state index contributed by atoms with van der Waals surface area (Å²) in [5, 5.41) is 3.35. The SMILES string of the molecule is Cc1csc(CN2CC3OCCN(Cc4ccccc4)C3C2)n1. The summed E-state index contributed by atoms with van der Waals surface area (Å²) in [6.07, 6.45) is 0.341. The Morgan fingerprint density at radius 3 is 2.87 bits per heavy atom. The van der Waals surface area contributed by atoms with Crippen molar-refractivity contribution in [3.63, 3.8) is 0 Å². The van der Waals surface area contributed by atoms with E-state index < -0.39 is 0 Å². The van der Waals surface area contributed by atoms with Gasteiger partial charge in [-0.05, 0) is 12.5 Å². The molecule has 2 fully saturated rings. The fourth-order valence-corrected chi connectivity index (χ4v) is 4.46. The maximum absolute atomic E-state index is 6.04. The van der Waals surface area contributed by atoms with Crippen LogP contribution in [0.15, 0.2) is 35.7 Å². The van der Waals surface area contributed by atoms with Crippen molar-refractivity contribution in [2.75, 3.05) is 26.2 Å². The van der Waals surface area contributed by atoms with Crippen molar-refractivity contribution < 1.29 is 4.74 Å². The molecule has 2 saturated heterocycles. The zero-order valence-corrected chi connectivity index (χ0v) is 14.3. The third-order valence-electron chi connectivity index (χ3n) is 4.75. The first-order valence-corrected chi connectivity index (χ1v) is 9.19. The summed E-state index contributed by atoms with van der Waals surface area (Å²) in [5.41, 5.74) is 2.52. The van der Waals surface area contributed by atoms with E-state index in [1.165, 1.54) is 10.6 Å². The second kappa shape index (κ2) is 6.69. The van der Waals surface area contributed by atoms with E-state index in [1.807, 2.05) is 0 Å². The second-order valence-corrected chi connectivity index (χ2v) is 7.45. The normalized spacial score (nSPS) is 25.6. The lowest BCUT2D eigenvalue weighted by molar-refractivity contribution is -0.0504. The molecule has 0 saturated carbocycles. The minimum absolute atomic E-state index is 0.341. The Morgan fingerprint density at radius 1 is 1.22 bits per heavy atom. The fourth-order valence-electron chi connectivity index (χ4n) is 3.64. The Kier molecular flexibility index (Phi) is 4.44. The van der Waals surface area contributed by atoms with Crippen LogP contribution in [0.3, 0.4) is 0 Å². The van der Waals surface area contributed by atoms with Gasteiger partial charge in [0.05, 0.1) is 25.3 Å². The topological polar surface area (TPSA) is 28.6 Å². The van der Waals surface area contributed by atoms with E-state index in [2.05, 4.69) is 57.4 Å². The van der Waals surface area contributed by atoms with Gasteiger partial charge in [0.25, 0.3) is 0 Å². The molecule has 1 aromatic heterocycles. The van der Waals surface area contributed by atoms with Crippen LogP contribution in [0.1, 0.15) is 16.3 Å². The van der Waals surface area contributed by atoms with Crippen LogP contribution in [0.25, 0.3) is 0 Å². The predicted octanol–water partition coefficient (Wildman–Crippen LogP) is 2.54. The number of fused-ring (bicyclic) bond motifs is 1. The number of likely N-dealkylation sites (tertiary alicyclic amines) is 1. The monoisotopic (exact) mass is 329 g/mol. The first-order valence-electron chi connectivity index (χ1n) is 8.31. The van der Waals surface area contributed by atoms with Crippen LogP contribution < -0.4 is 0 Å². The Morgan fingerprint density at radius 2 is 2.09 bits per heavy atom. The number of aromatic nitrogens is 1. The Hall–Kier alpha value is -1.27. The van der Waals surface area contributed by atoms with Gasteiger partial charge in [-0.2, -0.15) is 0 Å². The Balaban J connectivity index is 1.42. The smallest absolute Gasteiger partial charge is 0.107 e. The third kappa shape index (κ3) is 3.48. The molecular weight excluding hydrogens is 306 g/mol. The van der Waals surface area contributed by atoms with Crippen molar-refractivity contribution in [1.29, 1.82) is 0 Å². The summed E-state index contributed by atoms with van der Waals surface area (Å²) in [5.74, 6) is 0. The van der Waals surface area contributed by atoms with E-state index in [0.29, 0.717) is 12.1 Å². The van der Waals surface area contributed by atoms with Crippen molar-refractivity contribution in [1.82, 2.24) is 14.8 Å². The lowest BCUT2D eigenvalue weighted by Gasteiger charge is -2.37. The molecule has 0 N–H and O–H groups in total. The summed E-state index contributed by atoms with van der Waals surface area (Å²) >= 11 is 1.77. The van der Waals surface area contributed by atoms with Crippen molar-refractivity contribution >= 4 is 11.3 Å². The first-order chi connectivity index (χ1) is 11.3. The minimum Gasteiger partial charge on any atom is -0.374 e. The molecule has 2 aromatic rings. The maximum atomic E-state index is 6.04. The highest BCUT2D eigenvalue weighted by atomic mass is 32.1. The number of rotatable bonds is 4. The van der Waals surface area contributed by atoms with E-state index in [1.54, 1.807) is 11.3 Å². The first kappa shape index (κ1) is 15.3. The van der Waals surface area contributed by atoms with Crippen LogP contribution in [0.2, 0.25) is 0 Å². The number of morpholine rings is 1. The van der Waals surface area contributed by atoms with Gasteiger partial charge < -0.3 is 4.74 Å². The molecule has 2 aliphatic rings. The van der Waals surface area contributed by atoms with Gasteiger partial charge in [0.15, 0.2) is 0 Å². The molecule has 3 heterocycles. The molecule has 0 spiro atoms. The summed E-state index contributed by atoms with van der Waals surface area (Å²) in [7, 11) is 0. The van der Waals surface area contributed by atoms with Gasteiger partial charge in [0.2, 0.25) is 0 Å². The molecule has 0 bridgehead atoms. The van der Waals surface area contributed by atoms with Crippen molar-refractivity contribution in [3.8, 4) is 0 Å².